The average Bonchev–Trinajstić information content (AvgIpc) is 2.76. The summed E-state index contributed by atoms with van der Waals surface area (Å²) in [6.45, 7) is 2.27. The van der Waals surface area contributed by atoms with E-state index in [1.54, 1.807) is 0 Å². The van der Waals surface area contributed by atoms with Crippen molar-refractivity contribution in [1.82, 2.24) is 0 Å². The monoisotopic (exact) mass is 200 g/mol. The van der Waals surface area contributed by atoms with E-state index >= 15 is 0 Å². The maximum absolute atomic E-state index is 2.42. The summed E-state index contributed by atoms with van der Waals surface area (Å²) < 4.78 is 0. The van der Waals surface area contributed by atoms with E-state index in [9.17, 15) is 0 Å². The number of rotatable bonds is 4. The zero-order valence-electron chi connectivity index (χ0n) is 9.52. The molecule has 1 aromatic carbocycles. The normalized spacial score (nSPS) is 24.6. The van der Waals surface area contributed by atoms with Crippen LogP contribution in [-0.4, -0.2) is 0 Å². The van der Waals surface area contributed by atoms with Crippen molar-refractivity contribution >= 4 is 0 Å². The van der Waals surface area contributed by atoms with Crippen molar-refractivity contribution in [3.8, 4) is 0 Å². The fraction of sp³-hybridized carbons (Fsp3) is 0.467. The van der Waals surface area contributed by atoms with Crippen molar-refractivity contribution in [3.05, 3.63) is 48.0 Å². The molecule has 0 amide bonds. The lowest BCUT2D eigenvalue weighted by Crippen LogP contribution is -1.97. The second-order valence-electron chi connectivity index (χ2n) is 4.54. The van der Waals surface area contributed by atoms with Crippen LogP contribution in [0, 0.1) is 5.92 Å². The van der Waals surface area contributed by atoms with Gasteiger partial charge in [-0.05, 0) is 24.3 Å². The lowest BCUT2D eigenvalue weighted by molar-refractivity contribution is 0.525. The Bertz CT molecular complexity index is 310. The second kappa shape index (κ2) is 5.16. The molecule has 0 heteroatoms. The van der Waals surface area contributed by atoms with Gasteiger partial charge >= 0.3 is 0 Å². The van der Waals surface area contributed by atoms with Crippen LogP contribution < -0.4 is 0 Å². The molecule has 0 saturated carbocycles. The Morgan fingerprint density at radius 1 is 1.13 bits per heavy atom. The number of hydrogen-bond donors (Lipinski definition) is 0. The van der Waals surface area contributed by atoms with Crippen LogP contribution in [0.2, 0.25) is 0 Å². The molecule has 2 atom stereocenters. The maximum atomic E-state index is 2.42. The summed E-state index contributed by atoms with van der Waals surface area (Å²) in [4.78, 5) is 0. The second-order valence-corrected chi connectivity index (χ2v) is 4.54. The summed E-state index contributed by atoms with van der Waals surface area (Å²) in [6.07, 6.45) is 10.2. The topological polar surface area (TPSA) is 0 Å². The van der Waals surface area contributed by atoms with E-state index in [4.69, 9.17) is 0 Å². The first kappa shape index (κ1) is 10.5. The highest BCUT2D eigenvalue weighted by atomic mass is 14.2. The Morgan fingerprint density at radius 2 is 1.93 bits per heavy atom. The van der Waals surface area contributed by atoms with E-state index < -0.39 is 0 Å². The van der Waals surface area contributed by atoms with Crippen molar-refractivity contribution < 1.29 is 0 Å². The van der Waals surface area contributed by atoms with E-state index in [0.717, 1.165) is 5.92 Å². The van der Waals surface area contributed by atoms with E-state index in [2.05, 4.69) is 49.4 Å². The van der Waals surface area contributed by atoms with Crippen molar-refractivity contribution in [2.45, 2.75) is 38.5 Å². The fourth-order valence-corrected chi connectivity index (χ4v) is 2.40. The molecule has 0 saturated heterocycles. The van der Waals surface area contributed by atoms with Gasteiger partial charge in [0.25, 0.3) is 0 Å². The van der Waals surface area contributed by atoms with Crippen LogP contribution in [0.25, 0.3) is 0 Å². The summed E-state index contributed by atoms with van der Waals surface area (Å²) in [6, 6.07) is 10.9. The first-order valence-electron chi connectivity index (χ1n) is 6.13. The van der Waals surface area contributed by atoms with E-state index in [0.29, 0.717) is 5.92 Å². The Kier molecular flexibility index (Phi) is 3.60. The summed E-state index contributed by atoms with van der Waals surface area (Å²) in [7, 11) is 0. The molecule has 0 fully saturated rings. The van der Waals surface area contributed by atoms with Gasteiger partial charge < -0.3 is 0 Å². The number of hydrogen-bond acceptors (Lipinski definition) is 0. The highest BCUT2D eigenvalue weighted by Crippen LogP contribution is 2.34. The molecule has 15 heavy (non-hydrogen) atoms. The molecule has 0 spiro atoms. The predicted octanol–water partition coefficient (Wildman–Crippen LogP) is 4.54. The van der Waals surface area contributed by atoms with Crippen molar-refractivity contribution in [3.63, 3.8) is 0 Å². The molecule has 0 nitrogen and oxygen atoms in total. The number of unbranched alkanes of at least 4 members (excludes halogenated alkanes) is 1. The van der Waals surface area contributed by atoms with Gasteiger partial charge in [-0.2, -0.15) is 0 Å². The summed E-state index contributed by atoms with van der Waals surface area (Å²) >= 11 is 0. The average molecular weight is 200 g/mol. The first-order chi connectivity index (χ1) is 7.40. The SMILES string of the molecule is CCCC[C@@H]1C=C[C@H](c2ccccc2)C1. The van der Waals surface area contributed by atoms with E-state index in [-0.39, 0.29) is 0 Å². The van der Waals surface area contributed by atoms with Gasteiger partial charge in [-0.25, -0.2) is 0 Å². The molecule has 0 aromatic heterocycles. The molecule has 2 rings (SSSR count). The summed E-state index contributed by atoms with van der Waals surface area (Å²) in [5.41, 5.74) is 1.48. The molecule has 0 bridgehead atoms. The molecule has 0 N–H and O–H groups in total. The summed E-state index contributed by atoms with van der Waals surface area (Å²) in [5, 5.41) is 0. The van der Waals surface area contributed by atoms with Gasteiger partial charge in [0, 0.05) is 5.92 Å². The highest BCUT2D eigenvalue weighted by Gasteiger charge is 2.19. The minimum Gasteiger partial charge on any atom is -0.0848 e. The molecular formula is C15H20. The minimum absolute atomic E-state index is 0.674. The number of allylic oxidation sites excluding steroid dienone is 2. The van der Waals surface area contributed by atoms with E-state index in [1.807, 2.05) is 0 Å². The van der Waals surface area contributed by atoms with Crippen LogP contribution in [0.15, 0.2) is 42.5 Å². The molecule has 0 aliphatic heterocycles. The predicted molar refractivity (Wildman–Crippen MR) is 66.0 cm³/mol. The maximum Gasteiger partial charge on any atom is 0.00236 e. The van der Waals surface area contributed by atoms with Gasteiger partial charge in [0.05, 0.1) is 0 Å². The Morgan fingerprint density at radius 3 is 2.67 bits per heavy atom. The lowest BCUT2D eigenvalue weighted by Gasteiger charge is -2.11. The van der Waals surface area contributed by atoms with Gasteiger partial charge in [0.1, 0.15) is 0 Å². The molecule has 1 aliphatic carbocycles. The zero-order valence-corrected chi connectivity index (χ0v) is 9.52. The Labute approximate surface area is 93.0 Å². The van der Waals surface area contributed by atoms with Gasteiger partial charge in [-0.3, -0.25) is 0 Å². The quantitative estimate of drug-likeness (QED) is 0.626. The van der Waals surface area contributed by atoms with Gasteiger partial charge in [0.15, 0.2) is 0 Å². The highest BCUT2D eigenvalue weighted by molar-refractivity contribution is 5.26. The third kappa shape index (κ3) is 2.71. The van der Waals surface area contributed by atoms with Crippen LogP contribution in [-0.2, 0) is 0 Å². The van der Waals surface area contributed by atoms with Crippen molar-refractivity contribution in [2.24, 2.45) is 5.92 Å². The van der Waals surface area contributed by atoms with E-state index in [1.165, 1.54) is 31.2 Å². The lowest BCUT2D eigenvalue weighted by atomic mass is 9.93. The Balaban J connectivity index is 1.91. The van der Waals surface area contributed by atoms with Crippen LogP contribution in [0.4, 0.5) is 0 Å². The zero-order chi connectivity index (χ0) is 10.5. The van der Waals surface area contributed by atoms with Crippen LogP contribution in [0.5, 0.6) is 0 Å². The fourth-order valence-electron chi connectivity index (χ4n) is 2.40. The standard InChI is InChI=1S/C15H20/c1-2-3-7-13-10-11-15(12-13)14-8-5-4-6-9-14/h4-6,8-11,13,15H,2-3,7,12H2,1H3/t13-,15+/m1/s1. The molecule has 1 aliphatic rings. The van der Waals surface area contributed by atoms with Gasteiger partial charge in [-0.1, -0.05) is 62.2 Å². The van der Waals surface area contributed by atoms with Gasteiger partial charge in [0.2, 0.25) is 0 Å². The third-order valence-corrected chi connectivity index (χ3v) is 3.33. The number of benzene rings is 1. The Hall–Kier alpha value is -1.04. The molecule has 0 unspecified atom stereocenters. The van der Waals surface area contributed by atoms with Crippen molar-refractivity contribution in [1.29, 1.82) is 0 Å². The van der Waals surface area contributed by atoms with Crippen LogP contribution in [0.1, 0.15) is 44.1 Å². The molecule has 0 radical (unpaired) electrons. The van der Waals surface area contributed by atoms with Gasteiger partial charge in [-0.15, -0.1) is 0 Å². The summed E-state index contributed by atoms with van der Waals surface area (Å²) in [5.74, 6) is 1.50. The molecule has 0 heterocycles. The first-order valence-corrected chi connectivity index (χ1v) is 6.13. The molecule has 80 valence electrons. The van der Waals surface area contributed by atoms with Crippen LogP contribution in [0.3, 0.4) is 0 Å². The minimum atomic E-state index is 0.674. The van der Waals surface area contributed by atoms with Crippen LogP contribution >= 0.6 is 0 Å². The molecule has 1 aromatic rings. The molecular weight excluding hydrogens is 180 g/mol. The third-order valence-electron chi connectivity index (χ3n) is 3.33. The van der Waals surface area contributed by atoms with Crippen molar-refractivity contribution in [2.75, 3.05) is 0 Å². The largest absolute Gasteiger partial charge is 0.0848 e. The smallest absolute Gasteiger partial charge is 0.00236 e.